The standard InChI is InChI=1S/C24H29F2N3/c1-5-17-11-18(21(12-17)24-8-10-28-29(24)4)13-19-14-23(26)20(15-22(19)25)16(3)7-9-27-6-2/h6-10,14-15,17-18,21H,2,5,11-13H2,1,3-4H3/b16-7+,27-9-. The molecule has 1 aromatic carbocycles. The van der Waals surface area contributed by atoms with Crippen LogP contribution in [0, 0.1) is 23.5 Å². The maximum atomic E-state index is 14.9. The lowest BCUT2D eigenvalue weighted by Crippen LogP contribution is -2.14. The fourth-order valence-electron chi connectivity index (χ4n) is 4.54. The Morgan fingerprint density at radius 2 is 2.10 bits per heavy atom. The van der Waals surface area contributed by atoms with Crippen LogP contribution in [0.3, 0.4) is 0 Å². The summed E-state index contributed by atoms with van der Waals surface area (Å²) in [4.78, 5) is 3.87. The number of nitrogens with zero attached hydrogens (tertiary/aromatic N) is 3. The minimum Gasteiger partial charge on any atom is -0.272 e. The van der Waals surface area contributed by atoms with Crippen molar-refractivity contribution < 1.29 is 8.78 Å². The molecule has 3 rings (SSSR count). The first-order chi connectivity index (χ1) is 13.9. The smallest absolute Gasteiger partial charge is 0.131 e. The minimum absolute atomic E-state index is 0.266. The van der Waals surface area contributed by atoms with Gasteiger partial charge in [-0.2, -0.15) is 5.10 Å². The summed E-state index contributed by atoms with van der Waals surface area (Å²) < 4.78 is 31.6. The highest BCUT2D eigenvalue weighted by molar-refractivity contribution is 5.84. The molecule has 0 aliphatic heterocycles. The van der Waals surface area contributed by atoms with Crippen molar-refractivity contribution >= 4 is 11.8 Å². The molecule has 0 bridgehead atoms. The quantitative estimate of drug-likeness (QED) is 0.521. The third-order valence-electron chi connectivity index (χ3n) is 6.17. The first-order valence-electron chi connectivity index (χ1n) is 10.2. The molecule has 1 heterocycles. The van der Waals surface area contributed by atoms with Gasteiger partial charge in [0.1, 0.15) is 11.6 Å². The maximum Gasteiger partial charge on any atom is 0.131 e. The lowest BCUT2D eigenvalue weighted by atomic mass is 9.86. The molecular formula is C24H29F2N3. The molecule has 29 heavy (non-hydrogen) atoms. The van der Waals surface area contributed by atoms with E-state index in [-0.39, 0.29) is 17.3 Å². The maximum absolute atomic E-state index is 14.9. The molecule has 1 fully saturated rings. The van der Waals surface area contributed by atoms with E-state index in [1.54, 1.807) is 13.0 Å². The van der Waals surface area contributed by atoms with Crippen LogP contribution in [0.25, 0.3) is 5.57 Å². The molecule has 0 spiro atoms. The number of aliphatic imine (C=N–C) groups is 1. The van der Waals surface area contributed by atoms with Crippen molar-refractivity contribution in [2.75, 3.05) is 0 Å². The highest BCUT2D eigenvalue weighted by Crippen LogP contribution is 2.46. The molecule has 1 saturated carbocycles. The number of hydrogen-bond acceptors (Lipinski definition) is 2. The van der Waals surface area contributed by atoms with Gasteiger partial charge in [-0.3, -0.25) is 9.67 Å². The SMILES string of the molecule is C=C/N=C\C=C(/C)c1cc(F)c(CC2CC(CC)CC2c2ccnn2C)cc1F. The van der Waals surface area contributed by atoms with Gasteiger partial charge in [0.15, 0.2) is 0 Å². The van der Waals surface area contributed by atoms with E-state index in [2.05, 4.69) is 29.7 Å². The summed E-state index contributed by atoms with van der Waals surface area (Å²) >= 11 is 0. The van der Waals surface area contributed by atoms with Crippen LogP contribution < -0.4 is 0 Å². The van der Waals surface area contributed by atoms with Crippen LogP contribution in [0.2, 0.25) is 0 Å². The second-order valence-electron chi connectivity index (χ2n) is 7.95. The van der Waals surface area contributed by atoms with Gasteiger partial charge in [-0.1, -0.05) is 19.9 Å². The van der Waals surface area contributed by atoms with Crippen molar-refractivity contribution in [1.82, 2.24) is 9.78 Å². The lowest BCUT2D eigenvalue weighted by Gasteiger charge is -2.20. The van der Waals surface area contributed by atoms with Gasteiger partial charge in [0.2, 0.25) is 0 Å². The Labute approximate surface area is 171 Å². The van der Waals surface area contributed by atoms with Crippen molar-refractivity contribution in [3.8, 4) is 0 Å². The van der Waals surface area contributed by atoms with E-state index >= 15 is 0 Å². The zero-order valence-electron chi connectivity index (χ0n) is 17.4. The van der Waals surface area contributed by atoms with Crippen LogP contribution in [0.1, 0.15) is 55.8 Å². The zero-order valence-corrected chi connectivity index (χ0v) is 17.4. The molecule has 0 saturated heterocycles. The molecule has 3 unspecified atom stereocenters. The van der Waals surface area contributed by atoms with E-state index < -0.39 is 5.82 Å². The number of benzene rings is 1. The molecule has 154 valence electrons. The third-order valence-corrected chi connectivity index (χ3v) is 6.17. The topological polar surface area (TPSA) is 30.2 Å². The predicted molar refractivity (Wildman–Crippen MR) is 115 cm³/mol. The Balaban J connectivity index is 1.86. The number of hydrogen-bond donors (Lipinski definition) is 0. The van der Waals surface area contributed by atoms with Gasteiger partial charge in [0.05, 0.1) is 0 Å². The monoisotopic (exact) mass is 397 g/mol. The van der Waals surface area contributed by atoms with Crippen LogP contribution in [0.4, 0.5) is 8.78 Å². The van der Waals surface area contributed by atoms with Crippen molar-refractivity contribution in [3.05, 3.63) is 71.7 Å². The number of aryl methyl sites for hydroxylation is 1. The molecule has 1 aliphatic rings. The van der Waals surface area contributed by atoms with Gasteiger partial charge in [0, 0.05) is 42.8 Å². The van der Waals surface area contributed by atoms with Gasteiger partial charge in [-0.05, 0) is 73.4 Å². The predicted octanol–water partition coefficient (Wildman–Crippen LogP) is 6.08. The van der Waals surface area contributed by atoms with Gasteiger partial charge in [-0.25, -0.2) is 8.78 Å². The van der Waals surface area contributed by atoms with Gasteiger partial charge in [-0.15, -0.1) is 0 Å². The van der Waals surface area contributed by atoms with E-state index in [0.717, 1.165) is 19.3 Å². The highest BCUT2D eigenvalue weighted by Gasteiger charge is 2.36. The Hall–Kier alpha value is -2.56. The fourth-order valence-corrected chi connectivity index (χ4v) is 4.54. The van der Waals surface area contributed by atoms with Crippen molar-refractivity contribution in [2.45, 2.75) is 45.4 Å². The molecule has 5 heteroatoms. The number of aromatic nitrogens is 2. The first kappa shape index (κ1) is 21.2. The third kappa shape index (κ3) is 4.72. The van der Waals surface area contributed by atoms with Crippen molar-refractivity contribution in [1.29, 1.82) is 0 Å². The van der Waals surface area contributed by atoms with Crippen LogP contribution in [0.15, 0.2) is 48.2 Å². The molecule has 3 atom stereocenters. The second kappa shape index (κ2) is 9.29. The molecular weight excluding hydrogens is 368 g/mol. The highest BCUT2D eigenvalue weighted by atomic mass is 19.1. The number of rotatable bonds is 7. The molecule has 3 nitrogen and oxygen atoms in total. The Kier molecular flexibility index (Phi) is 6.78. The lowest BCUT2D eigenvalue weighted by molar-refractivity contribution is 0.440. The minimum atomic E-state index is -0.399. The molecule has 1 aliphatic carbocycles. The van der Waals surface area contributed by atoms with E-state index in [0.29, 0.717) is 29.4 Å². The Morgan fingerprint density at radius 1 is 1.31 bits per heavy atom. The number of allylic oxidation sites excluding steroid dienone is 2. The van der Waals surface area contributed by atoms with Gasteiger partial charge in [0.25, 0.3) is 0 Å². The summed E-state index contributed by atoms with van der Waals surface area (Å²) in [5, 5.41) is 4.31. The van der Waals surface area contributed by atoms with E-state index in [1.807, 2.05) is 17.9 Å². The van der Waals surface area contributed by atoms with Gasteiger partial charge < -0.3 is 0 Å². The van der Waals surface area contributed by atoms with Crippen LogP contribution in [-0.4, -0.2) is 16.0 Å². The van der Waals surface area contributed by atoms with Crippen molar-refractivity contribution in [2.24, 2.45) is 23.9 Å². The summed E-state index contributed by atoms with van der Waals surface area (Å²) in [6.45, 7) is 7.44. The van der Waals surface area contributed by atoms with E-state index in [1.165, 1.54) is 30.2 Å². The average molecular weight is 398 g/mol. The largest absolute Gasteiger partial charge is 0.272 e. The van der Waals surface area contributed by atoms with E-state index in [4.69, 9.17) is 0 Å². The number of halogens is 2. The fraction of sp³-hybridized carbons (Fsp3) is 0.417. The Bertz CT molecular complexity index is 926. The summed E-state index contributed by atoms with van der Waals surface area (Å²) in [5.41, 5.74) is 2.53. The van der Waals surface area contributed by atoms with Crippen LogP contribution >= 0.6 is 0 Å². The van der Waals surface area contributed by atoms with E-state index in [9.17, 15) is 8.78 Å². The zero-order chi connectivity index (χ0) is 21.0. The van der Waals surface area contributed by atoms with Crippen LogP contribution in [-0.2, 0) is 13.5 Å². The molecule has 0 N–H and O–H groups in total. The second-order valence-corrected chi connectivity index (χ2v) is 7.95. The summed E-state index contributed by atoms with van der Waals surface area (Å²) in [5.74, 6) is 0.474. The summed E-state index contributed by atoms with van der Waals surface area (Å²) in [6, 6.07) is 4.73. The molecule has 0 radical (unpaired) electrons. The molecule has 1 aromatic heterocycles. The molecule has 2 aromatic rings. The average Bonchev–Trinajstić information content (AvgIpc) is 3.30. The molecule has 0 amide bonds. The summed E-state index contributed by atoms with van der Waals surface area (Å²) in [7, 11) is 1.95. The normalized spacial score (nSPS) is 22.5. The summed E-state index contributed by atoms with van der Waals surface area (Å²) in [6.07, 6.45) is 10.1. The first-order valence-corrected chi connectivity index (χ1v) is 10.2. The Morgan fingerprint density at radius 3 is 2.76 bits per heavy atom. The van der Waals surface area contributed by atoms with Crippen LogP contribution in [0.5, 0.6) is 0 Å². The van der Waals surface area contributed by atoms with Gasteiger partial charge >= 0.3 is 0 Å². The van der Waals surface area contributed by atoms with Crippen molar-refractivity contribution in [3.63, 3.8) is 0 Å².